The fourth-order valence-electron chi connectivity index (χ4n) is 5.04. The van der Waals surface area contributed by atoms with E-state index >= 15 is 0 Å². The highest BCUT2D eigenvalue weighted by Crippen LogP contribution is 2.39. The molecule has 0 N–H and O–H groups in total. The summed E-state index contributed by atoms with van der Waals surface area (Å²) in [5.41, 5.74) is 0. The van der Waals surface area contributed by atoms with Crippen molar-refractivity contribution in [3.8, 4) is 0 Å². The highest BCUT2D eigenvalue weighted by Gasteiger charge is 2.43. The number of carbonyl (C=O) groups is 1. The van der Waals surface area contributed by atoms with Crippen LogP contribution in [0.25, 0.3) is 0 Å². The maximum absolute atomic E-state index is 12.6. The van der Waals surface area contributed by atoms with E-state index in [4.69, 9.17) is 4.43 Å². The second-order valence-electron chi connectivity index (χ2n) is 9.67. The van der Waals surface area contributed by atoms with Crippen molar-refractivity contribution in [1.29, 1.82) is 0 Å². The number of carbonyl (C=O) groups excluding carboxylic acids is 1. The number of hydrogen-bond acceptors (Lipinski definition) is 2. The van der Waals surface area contributed by atoms with Crippen molar-refractivity contribution in [1.82, 2.24) is 0 Å². The Labute approximate surface area is 190 Å². The van der Waals surface area contributed by atoms with Crippen LogP contribution in [-0.4, -0.2) is 14.3 Å². The molecule has 0 aromatic heterocycles. The minimum absolute atomic E-state index is 0.164. The second-order valence-corrected chi connectivity index (χ2v) is 13.5. The first-order valence-corrected chi connectivity index (χ1v) is 15.8. The van der Waals surface area contributed by atoms with Gasteiger partial charge < -0.3 is 4.43 Å². The van der Waals surface area contributed by atoms with E-state index in [2.05, 4.69) is 48.1 Å². The van der Waals surface area contributed by atoms with Crippen LogP contribution in [0.1, 0.15) is 119 Å². The molecule has 3 heteroatoms. The van der Waals surface area contributed by atoms with Gasteiger partial charge in [0.15, 0.2) is 0 Å². The molecular weight excluding hydrogens is 384 g/mol. The Bertz CT molecular complexity index is 389. The summed E-state index contributed by atoms with van der Waals surface area (Å²) in [5, 5.41) is 0. The molecule has 0 saturated heterocycles. The van der Waals surface area contributed by atoms with Gasteiger partial charge in [-0.25, -0.2) is 4.79 Å². The van der Waals surface area contributed by atoms with E-state index in [-0.39, 0.29) is 5.97 Å². The molecule has 0 bridgehead atoms. The molecule has 0 aromatic carbocycles. The third kappa shape index (κ3) is 12.3. The third-order valence-corrected chi connectivity index (χ3v) is 11.7. The van der Waals surface area contributed by atoms with Crippen molar-refractivity contribution in [2.45, 2.75) is 137 Å². The summed E-state index contributed by atoms with van der Waals surface area (Å²) in [5.74, 6) is 1.92. The Hall–Kier alpha value is -0.573. The van der Waals surface area contributed by atoms with E-state index in [1.54, 1.807) is 0 Å². The summed E-state index contributed by atoms with van der Waals surface area (Å²) in [6.07, 6.45) is 16.5. The molecule has 0 radical (unpaired) electrons. The molecule has 0 heterocycles. The lowest BCUT2D eigenvalue weighted by Gasteiger charge is -2.38. The van der Waals surface area contributed by atoms with E-state index in [0.717, 1.165) is 18.1 Å². The maximum atomic E-state index is 12.6. The van der Waals surface area contributed by atoms with E-state index in [0.29, 0.717) is 17.8 Å². The van der Waals surface area contributed by atoms with Gasteiger partial charge in [0.2, 0.25) is 0 Å². The summed E-state index contributed by atoms with van der Waals surface area (Å²) in [4.78, 5) is 12.6. The Balaban J connectivity index is 5.87. The molecule has 0 saturated carbocycles. The average Bonchev–Trinajstić information content (AvgIpc) is 2.76. The number of hydrogen-bond donors (Lipinski definition) is 0. The van der Waals surface area contributed by atoms with Gasteiger partial charge in [0.05, 0.1) is 0 Å². The lowest BCUT2D eigenvalue weighted by Crippen LogP contribution is -2.45. The van der Waals surface area contributed by atoms with Crippen LogP contribution in [0.15, 0.2) is 12.7 Å². The van der Waals surface area contributed by atoms with Crippen LogP contribution in [0.4, 0.5) is 0 Å². The fourth-order valence-corrected chi connectivity index (χ4v) is 10.9. The SMILES string of the molecule is C=CC(=O)O[Si](CC(CC)CCCC)(CC(CC)CCCC)CC(CC)CCCC. The standard InChI is InChI=1S/C27H54O2Si/c1-8-15-18-24(11-4)21-30(29-27(28)14-7,22-25(12-5)19-16-9-2)23-26(13-6)20-17-10-3/h14,24-26H,7-13,15-23H2,1-6H3. The Morgan fingerprint density at radius 3 is 1.30 bits per heavy atom. The lowest BCUT2D eigenvalue weighted by molar-refractivity contribution is -0.130. The summed E-state index contributed by atoms with van der Waals surface area (Å²) in [6, 6.07) is 3.48. The zero-order valence-electron chi connectivity index (χ0n) is 21.4. The van der Waals surface area contributed by atoms with Crippen LogP contribution >= 0.6 is 0 Å². The summed E-state index contributed by atoms with van der Waals surface area (Å²) in [6.45, 7) is 17.6. The van der Waals surface area contributed by atoms with E-state index < -0.39 is 8.32 Å². The Kier molecular flexibility index (Phi) is 17.7. The van der Waals surface area contributed by atoms with Gasteiger partial charge >= 0.3 is 5.97 Å². The van der Waals surface area contributed by atoms with Gasteiger partial charge in [0.25, 0.3) is 8.32 Å². The highest BCUT2D eigenvalue weighted by atomic mass is 28.4. The van der Waals surface area contributed by atoms with Crippen molar-refractivity contribution >= 4 is 14.3 Å². The highest BCUT2D eigenvalue weighted by molar-refractivity contribution is 6.75. The fraction of sp³-hybridized carbons (Fsp3) is 0.889. The van der Waals surface area contributed by atoms with Gasteiger partial charge in [-0.3, -0.25) is 0 Å². The zero-order chi connectivity index (χ0) is 22.8. The predicted molar refractivity (Wildman–Crippen MR) is 136 cm³/mol. The Morgan fingerprint density at radius 2 is 1.07 bits per heavy atom. The van der Waals surface area contributed by atoms with Gasteiger partial charge in [-0.2, -0.15) is 0 Å². The van der Waals surface area contributed by atoms with Crippen LogP contribution < -0.4 is 0 Å². The first-order valence-electron chi connectivity index (χ1n) is 13.3. The van der Waals surface area contributed by atoms with Crippen molar-refractivity contribution in [2.24, 2.45) is 17.8 Å². The largest absolute Gasteiger partial charge is 0.516 e. The van der Waals surface area contributed by atoms with Crippen LogP contribution in [0.3, 0.4) is 0 Å². The van der Waals surface area contributed by atoms with Crippen LogP contribution in [0, 0.1) is 17.8 Å². The average molecular weight is 439 g/mol. The second kappa shape index (κ2) is 18.0. The molecule has 30 heavy (non-hydrogen) atoms. The summed E-state index contributed by atoms with van der Waals surface area (Å²) >= 11 is 0. The molecule has 0 aliphatic rings. The smallest absolute Gasteiger partial charge is 0.316 e. The van der Waals surface area contributed by atoms with E-state index in [9.17, 15) is 4.79 Å². The first kappa shape index (κ1) is 29.4. The molecular formula is C27H54O2Si. The Morgan fingerprint density at radius 1 is 0.733 bits per heavy atom. The monoisotopic (exact) mass is 438 g/mol. The molecule has 0 spiro atoms. The van der Waals surface area contributed by atoms with Gasteiger partial charge in [0.1, 0.15) is 0 Å². The zero-order valence-corrected chi connectivity index (χ0v) is 22.4. The normalized spacial score (nSPS) is 16.5. The molecule has 0 aliphatic carbocycles. The summed E-state index contributed by atoms with van der Waals surface area (Å²) < 4.78 is 6.51. The molecule has 3 unspecified atom stereocenters. The molecule has 3 atom stereocenters. The van der Waals surface area contributed by atoms with Gasteiger partial charge in [-0.15, -0.1) is 0 Å². The first-order chi connectivity index (χ1) is 14.4. The topological polar surface area (TPSA) is 26.3 Å². The molecule has 2 nitrogen and oxygen atoms in total. The minimum atomic E-state index is -2.20. The number of unbranched alkanes of at least 4 members (excludes halogenated alkanes) is 3. The molecule has 0 rings (SSSR count). The lowest BCUT2D eigenvalue weighted by atomic mass is 10.0. The molecule has 178 valence electrons. The maximum Gasteiger partial charge on any atom is 0.316 e. The summed E-state index contributed by atoms with van der Waals surface area (Å²) in [7, 11) is -2.20. The third-order valence-electron chi connectivity index (χ3n) is 7.10. The van der Waals surface area contributed by atoms with Crippen LogP contribution in [0.5, 0.6) is 0 Å². The molecule has 0 fully saturated rings. The quantitative estimate of drug-likeness (QED) is 0.140. The van der Waals surface area contributed by atoms with Crippen LogP contribution in [0.2, 0.25) is 18.1 Å². The van der Waals surface area contributed by atoms with Crippen molar-refractivity contribution < 1.29 is 9.22 Å². The van der Waals surface area contributed by atoms with Crippen LogP contribution in [-0.2, 0) is 9.22 Å². The van der Waals surface area contributed by atoms with E-state index in [1.165, 1.54) is 83.1 Å². The van der Waals surface area contributed by atoms with Gasteiger partial charge in [-0.05, 0) is 35.9 Å². The predicted octanol–water partition coefficient (Wildman–Crippen LogP) is 9.31. The molecule has 0 aromatic rings. The number of rotatable bonds is 20. The van der Waals surface area contributed by atoms with Crippen molar-refractivity contribution in [3.63, 3.8) is 0 Å². The van der Waals surface area contributed by atoms with Crippen molar-refractivity contribution in [3.05, 3.63) is 12.7 Å². The van der Waals surface area contributed by atoms with Crippen molar-refractivity contribution in [2.75, 3.05) is 0 Å². The molecule has 0 amide bonds. The van der Waals surface area contributed by atoms with Gasteiger partial charge in [-0.1, -0.05) is 125 Å². The molecule has 0 aliphatic heterocycles. The van der Waals surface area contributed by atoms with E-state index in [1.807, 2.05) is 0 Å². The van der Waals surface area contributed by atoms with Gasteiger partial charge in [0, 0.05) is 6.08 Å². The minimum Gasteiger partial charge on any atom is -0.516 e.